The van der Waals surface area contributed by atoms with Gasteiger partial charge in [-0.3, -0.25) is 4.79 Å². The van der Waals surface area contributed by atoms with Gasteiger partial charge in [-0.1, -0.05) is 6.07 Å². The molecule has 0 radical (unpaired) electrons. The van der Waals surface area contributed by atoms with Crippen molar-refractivity contribution in [3.05, 3.63) is 71.4 Å². The molecule has 2 heterocycles. The fraction of sp³-hybridized carbons (Fsp3) is 0.182. The zero-order valence-electron chi connectivity index (χ0n) is 16.2. The summed E-state index contributed by atoms with van der Waals surface area (Å²) in [7, 11) is 1.64. The van der Waals surface area contributed by atoms with Crippen LogP contribution in [-0.2, 0) is 0 Å². The SMILES string of the molecule is COc1cccc(-n2c(C)cc(C(=O)Nc3ccc4oc(C)nc4c3)c2C)c1. The number of aromatic nitrogens is 2. The molecule has 2 aromatic heterocycles. The van der Waals surface area contributed by atoms with Crippen molar-refractivity contribution in [3.8, 4) is 11.4 Å². The van der Waals surface area contributed by atoms with E-state index in [1.165, 1.54) is 0 Å². The van der Waals surface area contributed by atoms with Crippen LogP contribution in [0.25, 0.3) is 16.8 Å². The molecule has 0 saturated carbocycles. The minimum atomic E-state index is -0.165. The lowest BCUT2D eigenvalue weighted by atomic mass is 10.2. The van der Waals surface area contributed by atoms with E-state index in [4.69, 9.17) is 9.15 Å². The summed E-state index contributed by atoms with van der Waals surface area (Å²) in [6, 6.07) is 15.1. The number of hydrogen-bond donors (Lipinski definition) is 1. The number of hydrogen-bond acceptors (Lipinski definition) is 4. The molecule has 0 aliphatic heterocycles. The van der Waals surface area contributed by atoms with Gasteiger partial charge in [-0.15, -0.1) is 0 Å². The van der Waals surface area contributed by atoms with Crippen LogP contribution in [0.2, 0.25) is 0 Å². The van der Waals surface area contributed by atoms with E-state index in [1.807, 2.05) is 66.9 Å². The van der Waals surface area contributed by atoms with E-state index in [-0.39, 0.29) is 5.91 Å². The van der Waals surface area contributed by atoms with Crippen molar-refractivity contribution in [1.82, 2.24) is 9.55 Å². The largest absolute Gasteiger partial charge is 0.497 e. The van der Waals surface area contributed by atoms with Crippen LogP contribution < -0.4 is 10.1 Å². The molecule has 0 aliphatic carbocycles. The Bertz CT molecular complexity index is 1190. The zero-order chi connectivity index (χ0) is 19.8. The summed E-state index contributed by atoms with van der Waals surface area (Å²) in [5.74, 6) is 1.20. The molecule has 0 fully saturated rings. The predicted molar refractivity (Wildman–Crippen MR) is 108 cm³/mol. The van der Waals surface area contributed by atoms with E-state index >= 15 is 0 Å². The normalized spacial score (nSPS) is 11.0. The number of rotatable bonds is 4. The number of carbonyl (C=O) groups is 1. The van der Waals surface area contributed by atoms with E-state index in [9.17, 15) is 4.79 Å². The second-order valence-electron chi connectivity index (χ2n) is 6.69. The van der Waals surface area contributed by atoms with Crippen LogP contribution in [-0.4, -0.2) is 22.6 Å². The fourth-order valence-corrected chi connectivity index (χ4v) is 3.46. The fourth-order valence-electron chi connectivity index (χ4n) is 3.46. The van der Waals surface area contributed by atoms with Crippen LogP contribution >= 0.6 is 0 Å². The van der Waals surface area contributed by atoms with Gasteiger partial charge >= 0.3 is 0 Å². The summed E-state index contributed by atoms with van der Waals surface area (Å²) < 4.78 is 12.8. The van der Waals surface area contributed by atoms with E-state index in [0.29, 0.717) is 22.7 Å². The highest BCUT2D eigenvalue weighted by atomic mass is 16.5. The number of anilines is 1. The van der Waals surface area contributed by atoms with Gasteiger partial charge in [0.1, 0.15) is 11.3 Å². The number of oxazole rings is 1. The molecule has 142 valence electrons. The third-order valence-corrected chi connectivity index (χ3v) is 4.74. The van der Waals surface area contributed by atoms with Crippen LogP contribution in [0.15, 0.2) is 52.9 Å². The first-order valence-corrected chi connectivity index (χ1v) is 8.98. The minimum absolute atomic E-state index is 0.165. The maximum Gasteiger partial charge on any atom is 0.257 e. The minimum Gasteiger partial charge on any atom is -0.497 e. The highest BCUT2D eigenvalue weighted by molar-refractivity contribution is 6.06. The number of benzene rings is 2. The molecule has 0 bridgehead atoms. The zero-order valence-corrected chi connectivity index (χ0v) is 16.2. The molecule has 2 aromatic carbocycles. The Morgan fingerprint density at radius 3 is 2.71 bits per heavy atom. The quantitative estimate of drug-likeness (QED) is 0.556. The van der Waals surface area contributed by atoms with Crippen LogP contribution in [0, 0.1) is 20.8 Å². The maximum absolute atomic E-state index is 12.9. The van der Waals surface area contributed by atoms with Gasteiger partial charge in [0.2, 0.25) is 0 Å². The van der Waals surface area contributed by atoms with Gasteiger partial charge in [0.05, 0.1) is 12.7 Å². The molecule has 6 heteroatoms. The molecule has 1 amide bonds. The first-order valence-electron chi connectivity index (χ1n) is 8.98. The second kappa shape index (κ2) is 6.88. The molecule has 0 unspecified atom stereocenters. The first kappa shape index (κ1) is 17.9. The van der Waals surface area contributed by atoms with Gasteiger partial charge in [-0.25, -0.2) is 4.98 Å². The summed E-state index contributed by atoms with van der Waals surface area (Å²) in [6.45, 7) is 5.71. The van der Waals surface area contributed by atoms with E-state index < -0.39 is 0 Å². The van der Waals surface area contributed by atoms with Crippen molar-refractivity contribution in [2.75, 3.05) is 12.4 Å². The number of ether oxygens (including phenoxy) is 1. The summed E-state index contributed by atoms with van der Waals surface area (Å²) in [5, 5.41) is 2.96. The van der Waals surface area contributed by atoms with Crippen molar-refractivity contribution < 1.29 is 13.9 Å². The average Bonchev–Trinajstić information content (AvgIpc) is 3.19. The van der Waals surface area contributed by atoms with Crippen LogP contribution in [0.3, 0.4) is 0 Å². The molecule has 0 saturated heterocycles. The lowest BCUT2D eigenvalue weighted by molar-refractivity contribution is 0.102. The smallest absolute Gasteiger partial charge is 0.257 e. The molecular formula is C22H21N3O3. The third kappa shape index (κ3) is 3.13. The van der Waals surface area contributed by atoms with Gasteiger partial charge in [0, 0.05) is 35.8 Å². The topological polar surface area (TPSA) is 69.3 Å². The number of nitrogens with zero attached hydrogens (tertiary/aromatic N) is 2. The van der Waals surface area contributed by atoms with Gasteiger partial charge < -0.3 is 19.0 Å². The van der Waals surface area contributed by atoms with Crippen molar-refractivity contribution in [2.24, 2.45) is 0 Å². The van der Waals surface area contributed by atoms with Crippen LogP contribution in [0.4, 0.5) is 5.69 Å². The molecule has 6 nitrogen and oxygen atoms in total. The maximum atomic E-state index is 12.9. The summed E-state index contributed by atoms with van der Waals surface area (Å²) in [4.78, 5) is 17.2. The summed E-state index contributed by atoms with van der Waals surface area (Å²) in [5.41, 5.74) is 5.51. The number of methoxy groups -OCH3 is 1. The van der Waals surface area contributed by atoms with Gasteiger partial charge in [0.25, 0.3) is 5.91 Å². The van der Waals surface area contributed by atoms with Crippen molar-refractivity contribution in [1.29, 1.82) is 0 Å². The van der Waals surface area contributed by atoms with Gasteiger partial charge in [0.15, 0.2) is 11.5 Å². The molecule has 0 aliphatic rings. The van der Waals surface area contributed by atoms with Crippen molar-refractivity contribution >= 4 is 22.7 Å². The lowest BCUT2D eigenvalue weighted by Gasteiger charge is -2.11. The highest BCUT2D eigenvalue weighted by Gasteiger charge is 2.17. The lowest BCUT2D eigenvalue weighted by Crippen LogP contribution is -2.13. The van der Waals surface area contributed by atoms with Gasteiger partial charge in [-0.2, -0.15) is 0 Å². The molecular weight excluding hydrogens is 354 g/mol. The predicted octanol–water partition coefficient (Wildman–Crippen LogP) is 4.80. The Kier molecular flexibility index (Phi) is 4.39. The van der Waals surface area contributed by atoms with Crippen molar-refractivity contribution in [2.45, 2.75) is 20.8 Å². The van der Waals surface area contributed by atoms with Crippen LogP contribution in [0.1, 0.15) is 27.6 Å². The average molecular weight is 375 g/mol. The second-order valence-corrected chi connectivity index (χ2v) is 6.69. The van der Waals surface area contributed by atoms with Crippen molar-refractivity contribution in [3.63, 3.8) is 0 Å². The number of carbonyl (C=O) groups excluding carboxylic acids is 1. The first-order chi connectivity index (χ1) is 13.5. The Hall–Kier alpha value is -3.54. The number of aryl methyl sites for hydroxylation is 2. The summed E-state index contributed by atoms with van der Waals surface area (Å²) >= 11 is 0. The number of nitrogens with one attached hydrogen (secondary N) is 1. The Balaban J connectivity index is 1.65. The standard InChI is InChI=1S/C22H21N3O3/c1-13-10-19(14(2)25(13)17-6-5-7-18(12-17)27-4)22(26)24-16-8-9-21-20(11-16)23-15(3)28-21/h5-12H,1-4H3,(H,24,26). The molecule has 1 N–H and O–H groups in total. The molecule has 4 rings (SSSR count). The van der Waals surface area contributed by atoms with Crippen LogP contribution in [0.5, 0.6) is 5.75 Å². The van der Waals surface area contributed by atoms with E-state index in [1.54, 1.807) is 14.0 Å². The Morgan fingerprint density at radius 2 is 1.93 bits per heavy atom. The highest BCUT2D eigenvalue weighted by Crippen LogP contribution is 2.25. The monoisotopic (exact) mass is 375 g/mol. The molecule has 0 spiro atoms. The number of fused-ring (bicyclic) bond motifs is 1. The molecule has 28 heavy (non-hydrogen) atoms. The molecule has 0 atom stereocenters. The van der Waals surface area contributed by atoms with E-state index in [2.05, 4.69) is 10.3 Å². The number of amides is 1. The third-order valence-electron chi connectivity index (χ3n) is 4.74. The Morgan fingerprint density at radius 1 is 1.11 bits per heavy atom. The van der Waals surface area contributed by atoms with Gasteiger partial charge in [-0.05, 0) is 50.2 Å². The van der Waals surface area contributed by atoms with E-state index in [0.717, 1.165) is 28.3 Å². The molecule has 4 aromatic rings. The Labute approximate surface area is 162 Å². The summed E-state index contributed by atoms with van der Waals surface area (Å²) in [6.07, 6.45) is 0.